The first-order valence-electron chi connectivity index (χ1n) is 15.0. The van der Waals surface area contributed by atoms with Crippen LogP contribution in [0.4, 0.5) is 26.3 Å². The summed E-state index contributed by atoms with van der Waals surface area (Å²) in [6.45, 7) is 3.88. The van der Waals surface area contributed by atoms with Gasteiger partial charge in [0.05, 0.1) is 17.9 Å². The summed E-state index contributed by atoms with van der Waals surface area (Å²) in [6, 6.07) is 7.72. The van der Waals surface area contributed by atoms with Crippen molar-refractivity contribution in [2.24, 2.45) is 23.2 Å². The number of hydrogen-bond donors (Lipinski definition) is 2. The number of halogens is 6. The molecule has 0 aliphatic heterocycles. The molecule has 2 aromatic carbocycles. The van der Waals surface area contributed by atoms with Crippen LogP contribution in [0.25, 0.3) is 10.8 Å². The molecule has 232 valence electrons. The standard InChI is InChI=1S/C32H39F6NO3/c1-30(2)24(29(40)41)17-26(30)39-28(18-6-4-3-5-7-18)20-8-14-23-19(16-20)9-15-25(27(23)32(36,37)38)42-22-12-10-21(11-13-22)31(33,34)35/h8-9,14-16,18,21-22,24,26,28,39H,3-7,10-13,17H2,1-2H3,(H,40,41). The predicted octanol–water partition coefficient (Wildman–Crippen LogP) is 9.07. The molecular weight excluding hydrogens is 560 g/mol. The van der Waals surface area contributed by atoms with Crippen molar-refractivity contribution in [3.8, 4) is 5.75 Å². The number of alkyl halides is 6. The molecule has 3 aliphatic carbocycles. The zero-order valence-corrected chi connectivity index (χ0v) is 24.0. The van der Waals surface area contributed by atoms with Crippen LogP contribution < -0.4 is 10.1 Å². The Morgan fingerprint density at radius 3 is 2.19 bits per heavy atom. The third kappa shape index (κ3) is 6.24. The number of rotatable bonds is 7. The van der Waals surface area contributed by atoms with Gasteiger partial charge in [0.1, 0.15) is 11.3 Å². The van der Waals surface area contributed by atoms with E-state index in [1.807, 2.05) is 13.8 Å². The zero-order valence-electron chi connectivity index (χ0n) is 24.0. The van der Waals surface area contributed by atoms with Crippen molar-refractivity contribution < 1.29 is 41.0 Å². The second-order valence-electron chi connectivity index (χ2n) is 13.1. The minimum absolute atomic E-state index is 0.00923. The highest BCUT2D eigenvalue weighted by molar-refractivity contribution is 5.89. The van der Waals surface area contributed by atoms with Crippen LogP contribution in [0.2, 0.25) is 0 Å². The first kappa shape index (κ1) is 31.0. The Morgan fingerprint density at radius 2 is 1.62 bits per heavy atom. The van der Waals surface area contributed by atoms with Gasteiger partial charge in [0.15, 0.2) is 0 Å². The van der Waals surface area contributed by atoms with E-state index in [9.17, 15) is 36.2 Å². The van der Waals surface area contributed by atoms with Crippen molar-refractivity contribution in [3.63, 3.8) is 0 Å². The lowest BCUT2D eigenvalue weighted by molar-refractivity contribution is -0.185. The Balaban J connectivity index is 1.43. The van der Waals surface area contributed by atoms with E-state index >= 15 is 0 Å². The van der Waals surface area contributed by atoms with Crippen LogP contribution in [0, 0.1) is 23.2 Å². The molecule has 3 aliphatic rings. The van der Waals surface area contributed by atoms with Crippen molar-refractivity contribution in [1.29, 1.82) is 0 Å². The van der Waals surface area contributed by atoms with Crippen LogP contribution in [0.1, 0.15) is 95.2 Å². The summed E-state index contributed by atoms with van der Waals surface area (Å²) in [4.78, 5) is 11.7. The van der Waals surface area contributed by atoms with Gasteiger partial charge < -0.3 is 15.2 Å². The van der Waals surface area contributed by atoms with Crippen molar-refractivity contribution in [3.05, 3.63) is 41.5 Å². The van der Waals surface area contributed by atoms with E-state index < -0.39 is 47.2 Å². The summed E-state index contributed by atoms with van der Waals surface area (Å²) in [6.07, 6.45) is -4.18. The van der Waals surface area contributed by atoms with Crippen LogP contribution in [0.15, 0.2) is 30.3 Å². The topological polar surface area (TPSA) is 58.6 Å². The fourth-order valence-corrected chi connectivity index (χ4v) is 7.42. The minimum atomic E-state index is -4.72. The van der Waals surface area contributed by atoms with Crippen LogP contribution in [0.3, 0.4) is 0 Å². The molecule has 0 radical (unpaired) electrons. The second-order valence-corrected chi connectivity index (χ2v) is 13.1. The van der Waals surface area contributed by atoms with Gasteiger partial charge in [0, 0.05) is 12.1 Å². The molecule has 3 unspecified atom stereocenters. The number of carbonyl (C=O) groups is 1. The number of ether oxygens (including phenoxy) is 1. The third-order valence-corrected chi connectivity index (χ3v) is 10.1. The molecule has 2 N–H and O–H groups in total. The Morgan fingerprint density at radius 1 is 0.952 bits per heavy atom. The molecule has 3 fully saturated rings. The molecule has 42 heavy (non-hydrogen) atoms. The van der Waals surface area contributed by atoms with E-state index in [0.29, 0.717) is 11.8 Å². The van der Waals surface area contributed by atoms with Crippen LogP contribution >= 0.6 is 0 Å². The molecule has 0 amide bonds. The highest BCUT2D eigenvalue weighted by atomic mass is 19.4. The molecule has 0 bridgehead atoms. The Hall–Kier alpha value is -2.49. The van der Waals surface area contributed by atoms with Crippen molar-refractivity contribution >= 4 is 16.7 Å². The second kappa shape index (κ2) is 11.5. The molecule has 5 rings (SSSR count). The lowest BCUT2D eigenvalue weighted by atomic mass is 9.58. The van der Waals surface area contributed by atoms with Gasteiger partial charge >= 0.3 is 18.3 Å². The van der Waals surface area contributed by atoms with Gasteiger partial charge in [0.25, 0.3) is 0 Å². The first-order valence-corrected chi connectivity index (χ1v) is 15.0. The van der Waals surface area contributed by atoms with Gasteiger partial charge in [-0.2, -0.15) is 26.3 Å². The lowest BCUT2D eigenvalue weighted by Crippen LogP contribution is -2.60. The number of aliphatic carboxylic acids is 1. The van der Waals surface area contributed by atoms with Gasteiger partial charge in [-0.25, -0.2) is 0 Å². The molecule has 0 spiro atoms. The molecule has 3 atom stereocenters. The number of carboxylic acid groups (broad SMARTS) is 1. The largest absolute Gasteiger partial charge is 0.490 e. The van der Waals surface area contributed by atoms with E-state index in [2.05, 4.69) is 5.32 Å². The highest BCUT2D eigenvalue weighted by Crippen LogP contribution is 2.49. The molecule has 10 heteroatoms. The van der Waals surface area contributed by atoms with E-state index in [-0.39, 0.29) is 54.8 Å². The number of benzene rings is 2. The Labute approximate surface area is 242 Å². The van der Waals surface area contributed by atoms with Crippen LogP contribution in [-0.4, -0.2) is 29.4 Å². The molecular formula is C32H39F6NO3. The van der Waals surface area contributed by atoms with E-state index in [0.717, 1.165) is 37.7 Å². The number of fused-ring (bicyclic) bond motifs is 1. The first-order chi connectivity index (χ1) is 19.7. The molecule has 0 heterocycles. The summed E-state index contributed by atoms with van der Waals surface area (Å²) >= 11 is 0. The predicted molar refractivity (Wildman–Crippen MR) is 147 cm³/mol. The van der Waals surface area contributed by atoms with E-state index in [1.165, 1.54) is 12.1 Å². The monoisotopic (exact) mass is 599 g/mol. The summed E-state index contributed by atoms with van der Waals surface area (Å²) in [5.74, 6) is -2.77. The third-order valence-electron chi connectivity index (χ3n) is 10.1. The molecule has 4 nitrogen and oxygen atoms in total. The fraction of sp³-hybridized carbons (Fsp3) is 0.656. The van der Waals surface area contributed by atoms with Crippen molar-refractivity contribution in [2.75, 3.05) is 0 Å². The molecule has 0 aromatic heterocycles. The average molecular weight is 600 g/mol. The average Bonchev–Trinajstić information content (AvgIpc) is 2.91. The van der Waals surface area contributed by atoms with E-state index in [1.54, 1.807) is 18.2 Å². The number of nitrogens with one attached hydrogen (secondary N) is 1. The zero-order chi connectivity index (χ0) is 30.4. The van der Waals surface area contributed by atoms with Gasteiger partial charge in [-0.1, -0.05) is 51.3 Å². The summed E-state index contributed by atoms with van der Waals surface area (Å²) in [5.41, 5.74) is -0.489. The van der Waals surface area contributed by atoms with Crippen LogP contribution in [0.5, 0.6) is 5.75 Å². The quantitative estimate of drug-likeness (QED) is 0.312. The van der Waals surface area contributed by atoms with Crippen molar-refractivity contribution in [1.82, 2.24) is 5.32 Å². The highest BCUT2D eigenvalue weighted by Gasteiger charge is 2.53. The SMILES string of the molecule is CC1(C)C(NC(c2ccc3c(C(F)(F)F)c(OC4CCC(C(F)(F)F)CC4)ccc3c2)C2CCCCC2)CC1C(=O)O. The summed E-state index contributed by atoms with van der Waals surface area (Å²) in [7, 11) is 0. The Bertz CT molecular complexity index is 1280. The number of carboxylic acids is 1. The molecule has 0 saturated heterocycles. The van der Waals surface area contributed by atoms with Gasteiger partial charge in [-0.15, -0.1) is 0 Å². The van der Waals surface area contributed by atoms with Gasteiger partial charge in [-0.05, 0) is 84.7 Å². The minimum Gasteiger partial charge on any atom is -0.490 e. The lowest BCUT2D eigenvalue weighted by Gasteiger charge is -2.52. The summed E-state index contributed by atoms with van der Waals surface area (Å²) in [5, 5.41) is 13.7. The van der Waals surface area contributed by atoms with Crippen LogP contribution in [-0.2, 0) is 11.0 Å². The fourth-order valence-electron chi connectivity index (χ4n) is 7.42. The van der Waals surface area contributed by atoms with Gasteiger partial charge in [-0.3, -0.25) is 4.79 Å². The normalized spacial score (nSPS) is 27.8. The van der Waals surface area contributed by atoms with Gasteiger partial charge in [0.2, 0.25) is 0 Å². The number of hydrogen-bond acceptors (Lipinski definition) is 3. The molecule has 3 saturated carbocycles. The maximum absolute atomic E-state index is 14.4. The Kier molecular flexibility index (Phi) is 8.51. The van der Waals surface area contributed by atoms with Crippen molar-refractivity contribution in [2.45, 2.75) is 109 Å². The summed E-state index contributed by atoms with van der Waals surface area (Å²) < 4.78 is 88.2. The maximum Gasteiger partial charge on any atom is 0.420 e. The maximum atomic E-state index is 14.4. The van der Waals surface area contributed by atoms with E-state index in [4.69, 9.17) is 4.74 Å². The smallest absolute Gasteiger partial charge is 0.420 e. The molecule has 2 aromatic rings.